The number of carbonyl (C=O) groups is 2. The van der Waals surface area contributed by atoms with Crippen molar-refractivity contribution in [3.8, 4) is 0 Å². The van der Waals surface area contributed by atoms with Crippen LogP contribution in [0.5, 0.6) is 0 Å². The Morgan fingerprint density at radius 2 is 2.21 bits per heavy atom. The van der Waals surface area contributed by atoms with Crippen LogP contribution in [0.1, 0.15) is 35.9 Å². The lowest BCUT2D eigenvalue weighted by atomic mass is 9.93. The van der Waals surface area contributed by atoms with E-state index in [-0.39, 0.29) is 11.6 Å². The lowest BCUT2D eigenvalue weighted by Crippen LogP contribution is -2.39. The van der Waals surface area contributed by atoms with Crippen LogP contribution in [0.2, 0.25) is 0 Å². The average Bonchev–Trinajstić information content (AvgIpc) is 2.39. The van der Waals surface area contributed by atoms with Gasteiger partial charge in [0.05, 0.1) is 11.9 Å². The van der Waals surface area contributed by atoms with Crippen LogP contribution < -0.4 is 0 Å². The van der Waals surface area contributed by atoms with Crippen molar-refractivity contribution in [1.82, 2.24) is 14.9 Å². The third-order valence-corrected chi connectivity index (χ3v) is 3.39. The van der Waals surface area contributed by atoms with Gasteiger partial charge in [0.1, 0.15) is 0 Å². The smallest absolute Gasteiger partial charge is 0.356 e. The summed E-state index contributed by atoms with van der Waals surface area (Å²) in [4.78, 5) is 31.8. The molecule has 1 saturated heterocycles. The van der Waals surface area contributed by atoms with E-state index >= 15 is 0 Å². The topological polar surface area (TPSA) is 83.4 Å². The molecule has 2 rings (SSSR count). The summed E-state index contributed by atoms with van der Waals surface area (Å²) in [5.41, 5.74) is 0.734. The fraction of sp³-hybridized carbons (Fsp3) is 0.538. The lowest BCUT2D eigenvalue weighted by molar-refractivity contribution is -0.130. The minimum absolute atomic E-state index is 0.0437. The van der Waals surface area contributed by atoms with Gasteiger partial charge in [-0.15, -0.1) is 0 Å². The first-order valence-electron chi connectivity index (χ1n) is 6.36. The van der Waals surface area contributed by atoms with Gasteiger partial charge in [0, 0.05) is 26.2 Å². The largest absolute Gasteiger partial charge is 0.476 e. The van der Waals surface area contributed by atoms with Gasteiger partial charge in [0.25, 0.3) is 0 Å². The molecule has 1 unspecified atom stereocenters. The Morgan fingerprint density at radius 3 is 2.79 bits per heavy atom. The minimum atomic E-state index is -1.07. The Bertz CT molecular complexity index is 473. The molecule has 1 aliphatic rings. The van der Waals surface area contributed by atoms with Gasteiger partial charge in [-0.1, -0.05) is 0 Å². The average molecular weight is 263 g/mol. The molecule has 0 bridgehead atoms. The highest BCUT2D eigenvalue weighted by atomic mass is 16.4. The summed E-state index contributed by atoms with van der Waals surface area (Å²) in [6, 6.07) is 0. The van der Waals surface area contributed by atoms with E-state index in [0.717, 1.165) is 38.0 Å². The van der Waals surface area contributed by atoms with Crippen LogP contribution in [0, 0.1) is 5.92 Å². The number of carboxylic acids is 1. The Balaban J connectivity index is 1.96. The van der Waals surface area contributed by atoms with Gasteiger partial charge in [-0.3, -0.25) is 9.78 Å². The van der Waals surface area contributed by atoms with E-state index in [4.69, 9.17) is 5.11 Å². The van der Waals surface area contributed by atoms with E-state index in [0.29, 0.717) is 5.92 Å². The molecule has 0 aromatic carbocycles. The van der Waals surface area contributed by atoms with Crippen molar-refractivity contribution in [3.63, 3.8) is 0 Å². The summed E-state index contributed by atoms with van der Waals surface area (Å²) in [6.07, 6.45) is 5.59. The van der Waals surface area contributed by atoms with Crippen molar-refractivity contribution < 1.29 is 14.7 Å². The third kappa shape index (κ3) is 3.49. The van der Waals surface area contributed by atoms with Crippen LogP contribution in [0.15, 0.2) is 12.4 Å². The molecule has 1 aromatic rings. The van der Waals surface area contributed by atoms with Gasteiger partial charge in [-0.05, 0) is 25.2 Å². The zero-order valence-corrected chi connectivity index (χ0v) is 10.9. The highest BCUT2D eigenvalue weighted by molar-refractivity contribution is 5.84. The van der Waals surface area contributed by atoms with Gasteiger partial charge >= 0.3 is 5.97 Å². The maximum Gasteiger partial charge on any atom is 0.356 e. The van der Waals surface area contributed by atoms with Crippen molar-refractivity contribution in [2.75, 3.05) is 13.1 Å². The van der Waals surface area contributed by atoms with Crippen molar-refractivity contribution in [1.29, 1.82) is 0 Å². The van der Waals surface area contributed by atoms with Crippen LogP contribution in [0.4, 0.5) is 0 Å². The molecule has 1 aliphatic heterocycles. The molecule has 6 nitrogen and oxygen atoms in total. The standard InChI is InChI=1S/C13H17N3O3/c1-9(17)16-4-2-3-10(8-16)5-11-6-15-12(7-14-11)13(18)19/h6-7,10H,2-5,8H2,1H3,(H,18,19). The van der Waals surface area contributed by atoms with Gasteiger partial charge in [0.15, 0.2) is 5.69 Å². The molecule has 1 amide bonds. The molecule has 1 N–H and O–H groups in total. The fourth-order valence-electron chi connectivity index (χ4n) is 2.38. The van der Waals surface area contributed by atoms with Gasteiger partial charge in [-0.2, -0.15) is 0 Å². The molecule has 19 heavy (non-hydrogen) atoms. The second-order valence-corrected chi connectivity index (χ2v) is 4.88. The Hall–Kier alpha value is -1.98. The summed E-state index contributed by atoms with van der Waals surface area (Å²) < 4.78 is 0. The molecule has 0 radical (unpaired) electrons. The van der Waals surface area contributed by atoms with Crippen molar-refractivity contribution in [3.05, 3.63) is 23.8 Å². The van der Waals surface area contributed by atoms with Crippen molar-refractivity contribution in [2.24, 2.45) is 5.92 Å². The van der Waals surface area contributed by atoms with E-state index in [1.54, 1.807) is 6.92 Å². The highest BCUT2D eigenvalue weighted by Gasteiger charge is 2.22. The predicted molar refractivity (Wildman–Crippen MR) is 67.7 cm³/mol. The number of aromatic carboxylic acids is 1. The van der Waals surface area contributed by atoms with E-state index in [1.807, 2.05) is 4.90 Å². The molecule has 0 spiro atoms. The van der Waals surface area contributed by atoms with Gasteiger partial charge in [0.2, 0.25) is 5.91 Å². The van der Waals surface area contributed by atoms with Gasteiger partial charge < -0.3 is 10.0 Å². The molecule has 0 saturated carbocycles. The SMILES string of the molecule is CC(=O)N1CCCC(Cc2cnc(C(=O)O)cn2)C1. The van der Waals surface area contributed by atoms with Crippen LogP contribution in [-0.2, 0) is 11.2 Å². The lowest BCUT2D eigenvalue weighted by Gasteiger charge is -2.31. The monoisotopic (exact) mass is 263 g/mol. The van der Waals surface area contributed by atoms with Gasteiger partial charge in [-0.25, -0.2) is 9.78 Å². The van der Waals surface area contributed by atoms with Crippen LogP contribution in [0.3, 0.4) is 0 Å². The summed E-state index contributed by atoms with van der Waals surface area (Å²) >= 11 is 0. The molecule has 6 heteroatoms. The first-order valence-corrected chi connectivity index (χ1v) is 6.36. The number of hydrogen-bond donors (Lipinski definition) is 1. The number of rotatable bonds is 3. The van der Waals surface area contributed by atoms with E-state index in [1.165, 1.54) is 12.4 Å². The highest BCUT2D eigenvalue weighted by Crippen LogP contribution is 2.19. The molecular formula is C13H17N3O3. The summed E-state index contributed by atoms with van der Waals surface area (Å²) in [5, 5.41) is 8.75. The van der Waals surface area contributed by atoms with Crippen LogP contribution in [0.25, 0.3) is 0 Å². The number of likely N-dealkylation sites (tertiary alicyclic amines) is 1. The fourth-order valence-corrected chi connectivity index (χ4v) is 2.38. The van der Waals surface area contributed by atoms with E-state index in [9.17, 15) is 9.59 Å². The number of carboxylic acid groups (broad SMARTS) is 1. The zero-order valence-electron chi connectivity index (χ0n) is 10.9. The number of hydrogen-bond acceptors (Lipinski definition) is 4. The Labute approximate surface area is 111 Å². The Morgan fingerprint density at radius 1 is 1.42 bits per heavy atom. The molecule has 1 atom stereocenters. The number of amides is 1. The summed E-state index contributed by atoms with van der Waals surface area (Å²) in [7, 11) is 0. The zero-order chi connectivity index (χ0) is 13.8. The molecule has 1 fully saturated rings. The van der Waals surface area contributed by atoms with E-state index in [2.05, 4.69) is 9.97 Å². The molecular weight excluding hydrogens is 246 g/mol. The van der Waals surface area contributed by atoms with Crippen molar-refractivity contribution >= 4 is 11.9 Å². The maximum atomic E-state index is 11.3. The third-order valence-electron chi connectivity index (χ3n) is 3.39. The van der Waals surface area contributed by atoms with Crippen LogP contribution in [-0.4, -0.2) is 44.9 Å². The second-order valence-electron chi connectivity index (χ2n) is 4.88. The number of carbonyl (C=O) groups excluding carboxylic acids is 1. The summed E-state index contributed by atoms with van der Waals surface area (Å²) in [6.45, 7) is 3.16. The van der Waals surface area contributed by atoms with Crippen LogP contribution >= 0.6 is 0 Å². The maximum absolute atomic E-state index is 11.3. The second kappa shape index (κ2) is 5.77. The molecule has 2 heterocycles. The molecule has 1 aromatic heterocycles. The number of nitrogens with zero attached hydrogens (tertiary/aromatic N) is 3. The quantitative estimate of drug-likeness (QED) is 0.878. The molecule has 0 aliphatic carbocycles. The Kier molecular flexibility index (Phi) is 4.09. The normalized spacial score (nSPS) is 19.2. The first-order chi connectivity index (χ1) is 9.06. The van der Waals surface area contributed by atoms with E-state index < -0.39 is 5.97 Å². The summed E-state index contributed by atoms with van der Waals surface area (Å²) in [5.74, 6) is -0.584. The first kappa shape index (κ1) is 13.5. The predicted octanol–water partition coefficient (Wildman–Crippen LogP) is 0.976. The molecule has 102 valence electrons. The number of aromatic nitrogens is 2. The number of piperidine rings is 1. The minimum Gasteiger partial charge on any atom is -0.476 e. The van der Waals surface area contributed by atoms with Crippen molar-refractivity contribution in [2.45, 2.75) is 26.2 Å².